The topological polar surface area (TPSA) is 44.7 Å². The van der Waals surface area contributed by atoms with Gasteiger partial charge in [-0.2, -0.15) is 0 Å². The lowest BCUT2D eigenvalue weighted by molar-refractivity contribution is -0.128. The number of hydrogen-bond acceptors (Lipinski definition) is 3. The summed E-state index contributed by atoms with van der Waals surface area (Å²) in [6, 6.07) is 4.86. The first-order valence-electron chi connectivity index (χ1n) is 6.78. The molecular weight excluding hydrogens is 337 g/mol. The average molecular weight is 352 g/mol. The van der Waals surface area contributed by atoms with E-state index in [-0.39, 0.29) is 11.7 Å². The fraction of sp³-hybridized carbons (Fsp3) is 0.333. The molecule has 110 valence electrons. The first-order valence-corrected chi connectivity index (χ1v) is 7.57. The molecule has 3 rings (SSSR count). The Balaban J connectivity index is 1.80. The fourth-order valence-electron chi connectivity index (χ4n) is 2.59. The second-order valence-electron chi connectivity index (χ2n) is 5.19. The predicted molar refractivity (Wildman–Crippen MR) is 83.9 cm³/mol. The molecule has 0 aromatic heterocycles. The minimum Gasteiger partial charge on any atom is -0.338 e. The molecule has 1 amide bonds. The number of amides is 1. The number of rotatable bonds is 1. The second kappa shape index (κ2) is 5.60. The Morgan fingerprint density at radius 2 is 2.29 bits per heavy atom. The zero-order chi connectivity index (χ0) is 15.0. The van der Waals surface area contributed by atoms with Crippen LogP contribution in [0.2, 0.25) is 0 Å². The zero-order valence-electron chi connectivity index (χ0n) is 11.6. The van der Waals surface area contributed by atoms with Crippen LogP contribution < -0.4 is 5.32 Å². The first-order chi connectivity index (χ1) is 10.0. The Bertz CT molecular complexity index is 669. The Hall–Kier alpha value is -1.69. The predicted octanol–water partition coefficient (Wildman–Crippen LogP) is 2.96. The number of carbonyl (C=O) groups is 1. The Morgan fingerprint density at radius 3 is 3.00 bits per heavy atom. The van der Waals surface area contributed by atoms with E-state index in [9.17, 15) is 9.18 Å². The smallest absolute Gasteiger partial charge is 0.219 e. The molecule has 1 aromatic carbocycles. The highest BCUT2D eigenvalue weighted by molar-refractivity contribution is 9.10. The van der Waals surface area contributed by atoms with E-state index in [4.69, 9.17) is 0 Å². The van der Waals surface area contributed by atoms with Crippen LogP contribution in [-0.2, 0) is 4.79 Å². The quantitative estimate of drug-likeness (QED) is 0.845. The molecule has 0 spiro atoms. The molecule has 2 aliphatic heterocycles. The first kappa shape index (κ1) is 14.3. The Kier molecular flexibility index (Phi) is 3.80. The highest BCUT2D eigenvalue weighted by atomic mass is 79.9. The summed E-state index contributed by atoms with van der Waals surface area (Å²) in [5, 5.41) is 3.05. The van der Waals surface area contributed by atoms with E-state index in [1.165, 1.54) is 11.6 Å². The SMILES string of the molecule is CC(=O)N1CCC2=C(C1)C(Nc1ccc(Br)cc1F)=NC2. The van der Waals surface area contributed by atoms with Crippen molar-refractivity contribution in [3.8, 4) is 0 Å². The second-order valence-corrected chi connectivity index (χ2v) is 6.10. The van der Waals surface area contributed by atoms with Gasteiger partial charge in [0, 0.05) is 30.1 Å². The molecule has 1 N–H and O–H groups in total. The molecule has 0 unspecified atom stereocenters. The summed E-state index contributed by atoms with van der Waals surface area (Å²) in [6.07, 6.45) is 0.840. The highest BCUT2D eigenvalue weighted by Crippen LogP contribution is 2.27. The molecule has 0 atom stereocenters. The van der Waals surface area contributed by atoms with Crippen LogP contribution in [0.4, 0.5) is 10.1 Å². The number of aliphatic imine (C=N–C) groups is 1. The van der Waals surface area contributed by atoms with Gasteiger partial charge in [-0.15, -0.1) is 0 Å². The molecule has 0 aliphatic carbocycles. The van der Waals surface area contributed by atoms with E-state index in [2.05, 4.69) is 26.2 Å². The monoisotopic (exact) mass is 351 g/mol. The molecule has 0 bridgehead atoms. The number of hydrogen-bond donors (Lipinski definition) is 1. The van der Waals surface area contributed by atoms with Gasteiger partial charge in [0.15, 0.2) is 0 Å². The number of nitrogens with one attached hydrogen (secondary N) is 1. The molecule has 2 heterocycles. The minimum atomic E-state index is -0.333. The number of benzene rings is 1. The van der Waals surface area contributed by atoms with Crippen molar-refractivity contribution in [2.24, 2.45) is 4.99 Å². The van der Waals surface area contributed by atoms with Gasteiger partial charge in [0.25, 0.3) is 0 Å². The molecule has 4 nitrogen and oxygen atoms in total. The van der Waals surface area contributed by atoms with E-state index in [1.54, 1.807) is 24.0 Å². The summed E-state index contributed by atoms with van der Waals surface area (Å²) in [6.45, 7) is 3.50. The third kappa shape index (κ3) is 2.85. The summed E-state index contributed by atoms with van der Waals surface area (Å²) in [7, 11) is 0. The van der Waals surface area contributed by atoms with Crippen LogP contribution in [0.5, 0.6) is 0 Å². The van der Waals surface area contributed by atoms with Gasteiger partial charge >= 0.3 is 0 Å². The van der Waals surface area contributed by atoms with Crippen molar-refractivity contribution in [2.75, 3.05) is 25.0 Å². The molecular formula is C15H15BrFN3O. The summed E-state index contributed by atoms with van der Waals surface area (Å²) >= 11 is 3.24. The largest absolute Gasteiger partial charge is 0.338 e. The van der Waals surface area contributed by atoms with E-state index >= 15 is 0 Å². The van der Waals surface area contributed by atoms with Gasteiger partial charge in [0.1, 0.15) is 11.7 Å². The standard InChI is InChI=1S/C15H15BrFN3O/c1-9(21)20-5-4-10-7-18-15(12(10)8-20)19-14-3-2-11(16)6-13(14)17/h2-3,6H,4-5,7-8H2,1H3,(H,18,19). The van der Waals surface area contributed by atoms with Gasteiger partial charge in [-0.3, -0.25) is 9.79 Å². The summed E-state index contributed by atoms with van der Waals surface area (Å²) in [5.74, 6) is 0.403. The number of nitrogens with zero attached hydrogens (tertiary/aromatic N) is 2. The third-order valence-corrected chi connectivity index (χ3v) is 4.30. The van der Waals surface area contributed by atoms with Gasteiger partial charge in [-0.05, 0) is 30.2 Å². The van der Waals surface area contributed by atoms with Crippen LogP contribution >= 0.6 is 15.9 Å². The normalized spacial score (nSPS) is 17.7. The van der Waals surface area contributed by atoms with Crippen LogP contribution in [0, 0.1) is 5.82 Å². The van der Waals surface area contributed by atoms with Gasteiger partial charge < -0.3 is 10.2 Å². The maximum atomic E-state index is 13.9. The third-order valence-electron chi connectivity index (χ3n) is 3.80. The minimum absolute atomic E-state index is 0.0580. The summed E-state index contributed by atoms with van der Waals surface area (Å²) in [4.78, 5) is 17.8. The number of anilines is 1. The number of carbonyl (C=O) groups excluding carboxylic acids is 1. The lowest BCUT2D eigenvalue weighted by Gasteiger charge is -2.28. The summed E-state index contributed by atoms with van der Waals surface area (Å²) in [5.41, 5.74) is 2.66. The van der Waals surface area contributed by atoms with Crippen molar-refractivity contribution in [3.63, 3.8) is 0 Å². The van der Waals surface area contributed by atoms with Gasteiger partial charge in [0.2, 0.25) is 5.91 Å². The van der Waals surface area contributed by atoms with Crippen molar-refractivity contribution < 1.29 is 9.18 Å². The van der Waals surface area contributed by atoms with E-state index in [1.807, 2.05) is 0 Å². The molecule has 0 radical (unpaired) electrons. The maximum absolute atomic E-state index is 13.9. The van der Waals surface area contributed by atoms with Crippen molar-refractivity contribution >= 4 is 33.4 Å². The Morgan fingerprint density at radius 1 is 1.48 bits per heavy atom. The maximum Gasteiger partial charge on any atom is 0.219 e. The zero-order valence-corrected chi connectivity index (χ0v) is 13.2. The van der Waals surface area contributed by atoms with E-state index in [0.29, 0.717) is 29.1 Å². The van der Waals surface area contributed by atoms with Gasteiger partial charge in [-0.1, -0.05) is 15.9 Å². The molecule has 0 saturated carbocycles. The van der Waals surface area contributed by atoms with Crippen LogP contribution in [0.15, 0.2) is 38.8 Å². The van der Waals surface area contributed by atoms with Crippen molar-refractivity contribution in [3.05, 3.63) is 39.6 Å². The molecule has 2 aliphatic rings. The van der Waals surface area contributed by atoms with Crippen LogP contribution in [0.1, 0.15) is 13.3 Å². The van der Waals surface area contributed by atoms with Crippen LogP contribution in [0.25, 0.3) is 0 Å². The van der Waals surface area contributed by atoms with E-state index in [0.717, 1.165) is 18.5 Å². The molecule has 21 heavy (non-hydrogen) atoms. The van der Waals surface area contributed by atoms with Crippen molar-refractivity contribution in [1.29, 1.82) is 0 Å². The Labute approximate surface area is 130 Å². The molecule has 0 fully saturated rings. The van der Waals surface area contributed by atoms with Crippen LogP contribution in [-0.4, -0.2) is 36.3 Å². The van der Waals surface area contributed by atoms with Crippen molar-refractivity contribution in [2.45, 2.75) is 13.3 Å². The van der Waals surface area contributed by atoms with Crippen molar-refractivity contribution in [1.82, 2.24) is 4.90 Å². The summed E-state index contributed by atoms with van der Waals surface area (Å²) < 4.78 is 14.6. The molecule has 0 saturated heterocycles. The number of halogens is 2. The molecule has 6 heteroatoms. The lowest BCUT2D eigenvalue weighted by atomic mass is 10.0. The average Bonchev–Trinajstić information content (AvgIpc) is 2.84. The fourth-order valence-corrected chi connectivity index (χ4v) is 2.92. The number of amidine groups is 1. The lowest BCUT2D eigenvalue weighted by Crippen LogP contribution is -2.37. The highest BCUT2D eigenvalue weighted by Gasteiger charge is 2.27. The van der Waals surface area contributed by atoms with E-state index < -0.39 is 0 Å². The molecule has 1 aromatic rings. The van der Waals surface area contributed by atoms with Gasteiger partial charge in [-0.25, -0.2) is 4.39 Å². The van der Waals surface area contributed by atoms with Crippen LogP contribution in [0.3, 0.4) is 0 Å². The van der Waals surface area contributed by atoms with Gasteiger partial charge in [0.05, 0.1) is 12.2 Å².